The maximum Gasteiger partial charge on any atom is 0.226 e. The van der Waals surface area contributed by atoms with Crippen molar-refractivity contribution in [2.75, 3.05) is 26.2 Å². The number of amides is 1. The van der Waals surface area contributed by atoms with Crippen LogP contribution in [0.3, 0.4) is 0 Å². The average Bonchev–Trinajstić information content (AvgIpc) is 2.99. The fourth-order valence-corrected chi connectivity index (χ4v) is 6.38. The van der Waals surface area contributed by atoms with E-state index in [0.717, 1.165) is 56.0 Å². The Kier molecular flexibility index (Phi) is 3.88. The summed E-state index contributed by atoms with van der Waals surface area (Å²) < 4.78 is 5.33. The van der Waals surface area contributed by atoms with Crippen LogP contribution in [0.2, 0.25) is 0 Å². The summed E-state index contributed by atoms with van der Waals surface area (Å²) in [4.78, 5) is 17.8. The molecule has 5 aliphatic rings. The maximum atomic E-state index is 13.2. The number of nitrogens with zero attached hydrogens (tertiary/aromatic N) is 3. The molecule has 0 atom stereocenters. The third kappa shape index (κ3) is 2.90. The Labute approximate surface area is 149 Å². The van der Waals surface area contributed by atoms with Crippen molar-refractivity contribution in [3.05, 3.63) is 17.5 Å². The van der Waals surface area contributed by atoms with Crippen LogP contribution in [0.4, 0.5) is 0 Å². The molecule has 0 unspecified atom stereocenters. The van der Waals surface area contributed by atoms with Crippen LogP contribution < -0.4 is 0 Å². The van der Waals surface area contributed by atoms with Crippen molar-refractivity contribution in [1.82, 2.24) is 15.0 Å². The van der Waals surface area contributed by atoms with Crippen LogP contribution in [0.5, 0.6) is 0 Å². The Morgan fingerprint density at radius 2 is 1.72 bits per heavy atom. The van der Waals surface area contributed by atoms with Gasteiger partial charge in [-0.25, -0.2) is 0 Å². The molecule has 5 nitrogen and oxygen atoms in total. The van der Waals surface area contributed by atoms with E-state index in [2.05, 4.69) is 15.0 Å². The lowest BCUT2D eigenvalue weighted by molar-refractivity contribution is -0.150. The lowest BCUT2D eigenvalue weighted by Gasteiger charge is -2.54. The molecule has 0 radical (unpaired) electrons. The molecule has 2 heterocycles. The molecule has 0 N–H and O–H groups in total. The summed E-state index contributed by atoms with van der Waals surface area (Å²) >= 11 is 0. The van der Waals surface area contributed by atoms with E-state index in [4.69, 9.17) is 4.52 Å². The number of rotatable bonds is 3. The highest BCUT2D eigenvalue weighted by Gasteiger charge is 2.51. The molecular weight excluding hydrogens is 314 g/mol. The largest absolute Gasteiger partial charge is 0.360 e. The topological polar surface area (TPSA) is 49.6 Å². The molecule has 1 amide bonds. The third-order valence-corrected chi connectivity index (χ3v) is 7.25. The van der Waals surface area contributed by atoms with Crippen LogP contribution in [0, 0.1) is 36.5 Å². The summed E-state index contributed by atoms with van der Waals surface area (Å²) in [6, 6.07) is 2.01. The van der Waals surface area contributed by atoms with Crippen LogP contribution in [0.25, 0.3) is 0 Å². The summed E-state index contributed by atoms with van der Waals surface area (Å²) in [5.74, 6) is 5.01. The van der Waals surface area contributed by atoms with Crippen molar-refractivity contribution >= 4 is 5.91 Å². The highest BCUT2D eigenvalue weighted by molar-refractivity contribution is 5.80. The van der Waals surface area contributed by atoms with Gasteiger partial charge in [-0.2, -0.15) is 0 Å². The van der Waals surface area contributed by atoms with E-state index in [9.17, 15) is 4.79 Å². The van der Waals surface area contributed by atoms with Gasteiger partial charge in [-0.1, -0.05) is 5.16 Å². The van der Waals surface area contributed by atoms with Gasteiger partial charge in [-0.15, -0.1) is 0 Å². The monoisotopic (exact) mass is 343 g/mol. The van der Waals surface area contributed by atoms with E-state index in [1.165, 1.54) is 32.1 Å². The molecule has 136 valence electrons. The lowest BCUT2D eigenvalue weighted by atomic mass is 9.51. The normalized spacial score (nSPS) is 37.6. The molecule has 6 rings (SSSR count). The van der Waals surface area contributed by atoms with E-state index in [0.29, 0.717) is 23.7 Å². The first-order valence-electron chi connectivity index (χ1n) is 10.1. The van der Waals surface area contributed by atoms with Gasteiger partial charge in [0.1, 0.15) is 0 Å². The Morgan fingerprint density at radius 3 is 2.28 bits per heavy atom. The van der Waals surface area contributed by atoms with Gasteiger partial charge in [-0.05, 0) is 62.7 Å². The molecule has 4 bridgehead atoms. The number of hydrogen-bond donors (Lipinski definition) is 0. The smallest absolute Gasteiger partial charge is 0.226 e. The van der Waals surface area contributed by atoms with Gasteiger partial charge in [0.05, 0.1) is 12.2 Å². The number of aryl methyl sites for hydroxylation is 1. The van der Waals surface area contributed by atoms with Crippen molar-refractivity contribution in [1.29, 1.82) is 0 Å². The minimum atomic E-state index is 0.344. The first-order valence-corrected chi connectivity index (χ1v) is 10.1. The van der Waals surface area contributed by atoms with E-state index in [-0.39, 0.29) is 0 Å². The average molecular weight is 343 g/mol. The summed E-state index contributed by atoms with van der Waals surface area (Å²) in [7, 11) is 0. The highest BCUT2D eigenvalue weighted by Crippen LogP contribution is 2.56. The van der Waals surface area contributed by atoms with Gasteiger partial charge in [-0.3, -0.25) is 9.69 Å². The molecule has 1 aromatic rings. The quantitative estimate of drug-likeness (QED) is 0.847. The minimum Gasteiger partial charge on any atom is -0.360 e. The Morgan fingerprint density at radius 1 is 1.08 bits per heavy atom. The highest BCUT2D eigenvalue weighted by atomic mass is 16.5. The van der Waals surface area contributed by atoms with Crippen molar-refractivity contribution in [3.63, 3.8) is 0 Å². The molecule has 1 aromatic heterocycles. The van der Waals surface area contributed by atoms with E-state index in [1.54, 1.807) is 0 Å². The number of carbonyl (C=O) groups is 1. The van der Waals surface area contributed by atoms with Gasteiger partial charge in [0.2, 0.25) is 5.91 Å². The second kappa shape index (κ2) is 6.11. The fourth-order valence-electron chi connectivity index (χ4n) is 6.38. The molecule has 1 saturated heterocycles. The second-order valence-corrected chi connectivity index (χ2v) is 8.99. The number of hydrogen-bond acceptors (Lipinski definition) is 4. The summed E-state index contributed by atoms with van der Waals surface area (Å²) in [6.45, 7) is 6.39. The summed E-state index contributed by atoms with van der Waals surface area (Å²) in [5.41, 5.74) is 0.936. The molecule has 5 fully saturated rings. The predicted molar refractivity (Wildman–Crippen MR) is 93.6 cm³/mol. The fraction of sp³-hybridized carbons (Fsp3) is 0.800. The predicted octanol–water partition coefficient (Wildman–Crippen LogP) is 2.70. The Bertz CT molecular complexity index is 619. The van der Waals surface area contributed by atoms with Gasteiger partial charge < -0.3 is 9.42 Å². The maximum absolute atomic E-state index is 13.2. The van der Waals surface area contributed by atoms with Crippen LogP contribution in [0.1, 0.15) is 43.6 Å². The van der Waals surface area contributed by atoms with Crippen LogP contribution in [-0.4, -0.2) is 47.0 Å². The SMILES string of the molecule is Cc1cc(CN2CCN(C(=O)C3C4CC5CC(C4)CC3C5)CC2)on1. The molecule has 1 aliphatic heterocycles. The van der Waals surface area contributed by atoms with Crippen molar-refractivity contribution in [2.45, 2.75) is 45.6 Å². The molecular formula is C20H29N3O2. The lowest BCUT2D eigenvalue weighted by Crippen LogP contribution is -2.55. The zero-order chi connectivity index (χ0) is 17.0. The standard InChI is InChI=1S/C20H29N3O2/c1-13-6-18(25-21-13)12-22-2-4-23(5-3-22)20(24)19-16-8-14-7-15(10-16)11-17(19)9-14/h6,14-17,19H,2-5,7-12H2,1H3. The first kappa shape index (κ1) is 15.9. The molecule has 0 spiro atoms. The molecule has 4 aliphatic carbocycles. The first-order chi connectivity index (χ1) is 12.2. The van der Waals surface area contributed by atoms with E-state index < -0.39 is 0 Å². The van der Waals surface area contributed by atoms with Crippen LogP contribution in [0.15, 0.2) is 10.6 Å². The zero-order valence-corrected chi connectivity index (χ0v) is 15.2. The molecule has 4 saturated carbocycles. The van der Waals surface area contributed by atoms with Gasteiger partial charge in [0, 0.05) is 38.2 Å². The van der Waals surface area contributed by atoms with Crippen LogP contribution >= 0.6 is 0 Å². The van der Waals surface area contributed by atoms with Crippen molar-refractivity contribution in [2.24, 2.45) is 29.6 Å². The molecule has 25 heavy (non-hydrogen) atoms. The molecule has 0 aromatic carbocycles. The van der Waals surface area contributed by atoms with Crippen molar-refractivity contribution in [3.8, 4) is 0 Å². The summed E-state index contributed by atoms with van der Waals surface area (Å²) in [5, 5.41) is 3.96. The Hall–Kier alpha value is -1.36. The van der Waals surface area contributed by atoms with Gasteiger partial charge in [0.25, 0.3) is 0 Å². The number of piperazine rings is 1. The number of aromatic nitrogens is 1. The third-order valence-electron chi connectivity index (χ3n) is 7.25. The van der Waals surface area contributed by atoms with Gasteiger partial charge >= 0.3 is 0 Å². The van der Waals surface area contributed by atoms with E-state index in [1.807, 2.05) is 13.0 Å². The molecule has 5 heteroatoms. The van der Waals surface area contributed by atoms with Crippen LogP contribution in [-0.2, 0) is 11.3 Å². The number of carbonyl (C=O) groups excluding carboxylic acids is 1. The summed E-state index contributed by atoms with van der Waals surface area (Å²) in [6.07, 6.45) is 6.76. The van der Waals surface area contributed by atoms with E-state index >= 15 is 0 Å². The Balaban J connectivity index is 1.19. The minimum absolute atomic E-state index is 0.344. The second-order valence-electron chi connectivity index (χ2n) is 8.99. The zero-order valence-electron chi connectivity index (χ0n) is 15.2. The van der Waals surface area contributed by atoms with Crippen molar-refractivity contribution < 1.29 is 9.32 Å². The van der Waals surface area contributed by atoms with Gasteiger partial charge in [0.15, 0.2) is 5.76 Å².